The molecule has 1 unspecified atom stereocenters. The van der Waals surface area contributed by atoms with Crippen molar-refractivity contribution in [2.24, 2.45) is 11.3 Å². The molecule has 1 aliphatic carbocycles. The third kappa shape index (κ3) is 4.45. The average molecular weight is 294 g/mol. The maximum Gasteiger partial charge on any atom is 0.227 e. The van der Waals surface area contributed by atoms with Crippen LogP contribution in [0.25, 0.3) is 0 Å². The lowest BCUT2D eigenvalue weighted by Crippen LogP contribution is -2.50. The van der Waals surface area contributed by atoms with Gasteiger partial charge in [-0.2, -0.15) is 0 Å². The van der Waals surface area contributed by atoms with E-state index in [0.717, 1.165) is 32.2 Å². The minimum absolute atomic E-state index is 0.0213. The highest BCUT2D eigenvalue weighted by Crippen LogP contribution is 2.24. The predicted octanol–water partition coefficient (Wildman–Crippen LogP) is 2.72. The van der Waals surface area contributed by atoms with Crippen molar-refractivity contribution in [2.75, 3.05) is 13.1 Å². The molecule has 1 N–H and O–H groups in total. The molecule has 2 amide bonds. The summed E-state index contributed by atoms with van der Waals surface area (Å²) in [7, 11) is 0. The predicted molar refractivity (Wildman–Crippen MR) is 83.8 cm³/mol. The molecule has 1 saturated heterocycles. The molecule has 1 atom stereocenters. The Balaban J connectivity index is 1.88. The number of amides is 2. The van der Waals surface area contributed by atoms with E-state index in [1.54, 1.807) is 0 Å². The number of rotatable bonds is 2. The summed E-state index contributed by atoms with van der Waals surface area (Å²) in [5.41, 5.74) is -0.359. The third-order valence-electron chi connectivity index (χ3n) is 4.67. The van der Waals surface area contributed by atoms with Crippen LogP contribution < -0.4 is 5.32 Å². The van der Waals surface area contributed by atoms with Crippen LogP contribution in [0.5, 0.6) is 0 Å². The maximum atomic E-state index is 12.4. The zero-order valence-corrected chi connectivity index (χ0v) is 13.8. The number of hydrogen-bond donors (Lipinski definition) is 1. The van der Waals surface area contributed by atoms with Crippen molar-refractivity contribution in [3.8, 4) is 0 Å². The van der Waals surface area contributed by atoms with Crippen molar-refractivity contribution >= 4 is 11.8 Å². The smallest absolute Gasteiger partial charge is 0.227 e. The monoisotopic (exact) mass is 294 g/mol. The molecule has 0 bridgehead atoms. The second-order valence-corrected chi connectivity index (χ2v) is 7.68. The second kappa shape index (κ2) is 6.80. The van der Waals surface area contributed by atoms with Gasteiger partial charge in [-0.3, -0.25) is 9.59 Å². The quantitative estimate of drug-likeness (QED) is 0.851. The lowest BCUT2D eigenvalue weighted by atomic mass is 9.90. The molecule has 4 nitrogen and oxygen atoms in total. The van der Waals surface area contributed by atoms with Gasteiger partial charge in [-0.1, -0.05) is 40.0 Å². The van der Waals surface area contributed by atoms with E-state index in [2.05, 4.69) is 5.32 Å². The van der Waals surface area contributed by atoms with Gasteiger partial charge in [0.25, 0.3) is 0 Å². The summed E-state index contributed by atoms with van der Waals surface area (Å²) in [5, 5.41) is 3.21. The van der Waals surface area contributed by atoms with Crippen LogP contribution in [0.2, 0.25) is 0 Å². The van der Waals surface area contributed by atoms with Gasteiger partial charge < -0.3 is 10.2 Å². The molecule has 1 heterocycles. The van der Waals surface area contributed by atoms with Crippen molar-refractivity contribution in [3.05, 3.63) is 0 Å². The van der Waals surface area contributed by atoms with Crippen molar-refractivity contribution in [1.29, 1.82) is 0 Å². The molecule has 0 aromatic heterocycles. The van der Waals surface area contributed by atoms with E-state index in [9.17, 15) is 9.59 Å². The highest BCUT2D eigenvalue weighted by Gasteiger charge is 2.33. The number of nitrogens with one attached hydrogen (secondary N) is 1. The van der Waals surface area contributed by atoms with Crippen LogP contribution in [0.3, 0.4) is 0 Å². The molecule has 1 aliphatic heterocycles. The molecule has 2 aliphatic rings. The second-order valence-electron chi connectivity index (χ2n) is 7.68. The molecular weight excluding hydrogens is 264 g/mol. The van der Waals surface area contributed by atoms with Crippen LogP contribution in [0.1, 0.15) is 65.7 Å². The molecular formula is C17H30N2O2. The van der Waals surface area contributed by atoms with Gasteiger partial charge in [-0.15, -0.1) is 0 Å². The summed E-state index contributed by atoms with van der Waals surface area (Å²) in [6.45, 7) is 7.22. The average Bonchev–Trinajstić information content (AvgIpc) is 2.46. The molecule has 21 heavy (non-hydrogen) atoms. The van der Waals surface area contributed by atoms with Crippen LogP contribution in [-0.2, 0) is 9.59 Å². The third-order valence-corrected chi connectivity index (χ3v) is 4.67. The van der Waals surface area contributed by atoms with Gasteiger partial charge >= 0.3 is 0 Å². The number of nitrogens with zero attached hydrogens (tertiary/aromatic N) is 1. The van der Waals surface area contributed by atoms with Gasteiger partial charge in [0.1, 0.15) is 0 Å². The summed E-state index contributed by atoms with van der Waals surface area (Å²) >= 11 is 0. The largest absolute Gasteiger partial charge is 0.353 e. The van der Waals surface area contributed by atoms with Crippen LogP contribution >= 0.6 is 0 Å². The van der Waals surface area contributed by atoms with Crippen LogP contribution in [-0.4, -0.2) is 35.8 Å². The van der Waals surface area contributed by atoms with E-state index >= 15 is 0 Å². The van der Waals surface area contributed by atoms with Crippen LogP contribution in [0.15, 0.2) is 0 Å². The Labute approximate surface area is 128 Å². The first-order chi connectivity index (χ1) is 9.88. The highest BCUT2D eigenvalue weighted by atomic mass is 16.2. The molecule has 0 aromatic carbocycles. The molecule has 4 heteroatoms. The van der Waals surface area contributed by atoms with Gasteiger partial charge in [-0.25, -0.2) is 0 Å². The fraction of sp³-hybridized carbons (Fsp3) is 0.882. The van der Waals surface area contributed by atoms with Crippen molar-refractivity contribution in [2.45, 2.75) is 71.8 Å². The van der Waals surface area contributed by atoms with E-state index in [0.29, 0.717) is 12.6 Å². The Bertz CT molecular complexity index is 381. The number of piperidine rings is 1. The Hall–Kier alpha value is -1.06. The Morgan fingerprint density at radius 2 is 1.67 bits per heavy atom. The Morgan fingerprint density at radius 3 is 2.29 bits per heavy atom. The van der Waals surface area contributed by atoms with Gasteiger partial charge in [-0.05, 0) is 25.7 Å². The minimum Gasteiger partial charge on any atom is -0.353 e. The molecule has 1 saturated carbocycles. The summed E-state index contributed by atoms with van der Waals surface area (Å²) in [6.07, 6.45) is 7.82. The molecule has 0 aromatic rings. The fourth-order valence-electron chi connectivity index (χ4n) is 3.42. The maximum absolute atomic E-state index is 12.4. The van der Waals surface area contributed by atoms with E-state index in [4.69, 9.17) is 0 Å². The van der Waals surface area contributed by atoms with E-state index in [1.165, 1.54) is 19.3 Å². The van der Waals surface area contributed by atoms with Crippen molar-refractivity contribution in [3.63, 3.8) is 0 Å². The first-order valence-corrected chi connectivity index (χ1v) is 8.47. The summed E-state index contributed by atoms with van der Waals surface area (Å²) < 4.78 is 0. The first-order valence-electron chi connectivity index (χ1n) is 8.47. The van der Waals surface area contributed by atoms with Crippen molar-refractivity contribution in [1.82, 2.24) is 10.2 Å². The van der Waals surface area contributed by atoms with E-state index in [1.807, 2.05) is 25.7 Å². The van der Waals surface area contributed by atoms with Gasteiger partial charge in [0.05, 0.1) is 5.92 Å². The van der Waals surface area contributed by atoms with Gasteiger partial charge in [0, 0.05) is 24.5 Å². The molecule has 2 rings (SSSR count). The van der Waals surface area contributed by atoms with Gasteiger partial charge in [0.15, 0.2) is 0 Å². The topological polar surface area (TPSA) is 49.4 Å². The number of carbonyl (C=O) groups is 2. The van der Waals surface area contributed by atoms with Crippen LogP contribution in [0.4, 0.5) is 0 Å². The molecule has 2 fully saturated rings. The fourth-order valence-corrected chi connectivity index (χ4v) is 3.42. The number of likely N-dealkylation sites (tertiary alicyclic amines) is 1. The standard InChI is InChI=1S/C17H30N2O2/c1-17(2,3)16(21)19-11-7-8-13(12-19)15(20)18-14-9-5-4-6-10-14/h13-14H,4-12H2,1-3H3,(H,18,20). The van der Waals surface area contributed by atoms with E-state index in [-0.39, 0.29) is 23.1 Å². The molecule has 0 radical (unpaired) electrons. The zero-order chi connectivity index (χ0) is 15.5. The highest BCUT2D eigenvalue weighted by molar-refractivity contribution is 5.84. The first kappa shape index (κ1) is 16.3. The minimum atomic E-state index is -0.359. The Morgan fingerprint density at radius 1 is 1.00 bits per heavy atom. The SMILES string of the molecule is CC(C)(C)C(=O)N1CCCC(C(=O)NC2CCCCC2)C1. The number of hydrogen-bond acceptors (Lipinski definition) is 2. The van der Waals surface area contributed by atoms with E-state index < -0.39 is 0 Å². The van der Waals surface area contributed by atoms with Crippen LogP contribution in [0, 0.1) is 11.3 Å². The van der Waals surface area contributed by atoms with Crippen molar-refractivity contribution < 1.29 is 9.59 Å². The Kier molecular flexibility index (Phi) is 5.28. The van der Waals surface area contributed by atoms with Gasteiger partial charge in [0.2, 0.25) is 11.8 Å². The summed E-state index contributed by atoms with van der Waals surface area (Å²) in [6, 6.07) is 0.361. The molecule has 120 valence electrons. The molecule has 0 spiro atoms. The summed E-state index contributed by atoms with van der Waals surface area (Å²) in [4.78, 5) is 26.7. The summed E-state index contributed by atoms with van der Waals surface area (Å²) in [5.74, 6) is 0.304. The lowest BCUT2D eigenvalue weighted by Gasteiger charge is -2.36. The zero-order valence-electron chi connectivity index (χ0n) is 13.8. The normalized spacial score (nSPS) is 24.7. The lowest BCUT2D eigenvalue weighted by molar-refractivity contribution is -0.142. The number of carbonyl (C=O) groups excluding carboxylic acids is 2.